The third-order valence-electron chi connectivity index (χ3n) is 3.73. The van der Waals surface area contributed by atoms with E-state index in [-0.39, 0.29) is 12.1 Å². The van der Waals surface area contributed by atoms with Crippen LogP contribution in [0.4, 0.5) is 5.95 Å². The first kappa shape index (κ1) is 11.4. The van der Waals surface area contributed by atoms with Crippen molar-refractivity contribution in [1.29, 1.82) is 0 Å². The second-order valence-corrected chi connectivity index (χ2v) is 5.02. The Morgan fingerprint density at radius 3 is 2.78 bits per heavy atom. The molecule has 2 N–H and O–H groups in total. The molecule has 0 amide bonds. The molecular formula is C14H17N3O. The highest BCUT2D eigenvalue weighted by molar-refractivity contribution is 5.78. The van der Waals surface area contributed by atoms with Gasteiger partial charge in [-0.05, 0) is 18.9 Å². The predicted octanol–water partition coefficient (Wildman–Crippen LogP) is 2.35. The number of rotatable bonds is 3. The average molecular weight is 243 g/mol. The zero-order valence-electron chi connectivity index (χ0n) is 10.3. The van der Waals surface area contributed by atoms with Crippen molar-refractivity contribution in [3.05, 3.63) is 30.5 Å². The van der Waals surface area contributed by atoms with Gasteiger partial charge >= 0.3 is 0 Å². The normalized spacial score (nSPS) is 18.1. The van der Waals surface area contributed by atoms with E-state index in [9.17, 15) is 5.11 Å². The van der Waals surface area contributed by atoms with Gasteiger partial charge < -0.3 is 10.4 Å². The number of anilines is 1. The van der Waals surface area contributed by atoms with Crippen LogP contribution in [0.15, 0.2) is 30.5 Å². The Morgan fingerprint density at radius 2 is 2.00 bits per heavy atom. The lowest BCUT2D eigenvalue weighted by molar-refractivity contribution is 0.213. The number of benzene rings is 1. The summed E-state index contributed by atoms with van der Waals surface area (Å²) in [7, 11) is 0. The molecule has 1 aliphatic rings. The van der Waals surface area contributed by atoms with Crippen LogP contribution in [-0.4, -0.2) is 27.2 Å². The Hall–Kier alpha value is -1.68. The Bertz CT molecular complexity index is 549. The standard InChI is InChI=1S/C14H17N3O/c18-10-14(7-3-4-8-14)17-13-15-9-11-5-1-2-6-12(11)16-13/h1-2,5-6,9,18H,3-4,7-8,10H2,(H,15,16,17). The van der Waals surface area contributed by atoms with E-state index in [1.807, 2.05) is 30.5 Å². The fraction of sp³-hybridized carbons (Fsp3) is 0.429. The third-order valence-corrected chi connectivity index (χ3v) is 3.73. The van der Waals surface area contributed by atoms with Crippen molar-refractivity contribution >= 4 is 16.9 Å². The summed E-state index contributed by atoms with van der Waals surface area (Å²) >= 11 is 0. The van der Waals surface area contributed by atoms with Crippen LogP contribution in [0.2, 0.25) is 0 Å². The molecule has 1 aromatic heterocycles. The minimum absolute atomic E-state index is 0.142. The van der Waals surface area contributed by atoms with Crippen LogP contribution in [0.1, 0.15) is 25.7 Å². The van der Waals surface area contributed by atoms with Gasteiger partial charge in [0.15, 0.2) is 0 Å². The molecule has 0 atom stereocenters. The minimum atomic E-state index is -0.220. The number of para-hydroxylation sites is 1. The third kappa shape index (κ3) is 2.04. The Morgan fingerprint density at radius 1 is 1.22 bits per heavy atom. The Kier molecular flexibility index (Phi) is 2.88. The van der Waals surface area contributed by atoms with Crippen molar-refractivity contribution in [3.63, 3.8) is 0 Å². The number of fused-ring (bicyclic) bond motifs is 1. The molecule has 4 nitrogen and oxygen atoms in total. The van der Waals surface area contributed by atoms with Gasteiger partial charge in [-0.1, -0.05) is 31.0 Å². The van der Waals surface area contributed by atoms with E-state index in [1.54, 1.807) is 0 Å². The molecule has 1 aromatic carbocycles. The monoisotopic (exact) mass is 243 g/mol. The van der Waals surface area contributed by atoms with Gasteiger partial charge in [-0.2, -0.15) is 0 Å². The summed E-state index contributed by atoms with van der Waals surface area (Å²) in [6.45, 7) is 0.142. The van der Waals surface area contributed by atoms with E-state index in [0.717, 1.165) is 36.6 Å². The zero-order valence-corrected chi connectivity index (χ0v) is 10.3. The number of hydrogen-bond donors (Lipinski definition) is 2. The molecule has 1 fully saturated rings. The van der Waals surface area contributed by atoms with Crippen LogP contribution in [0.3, 0.4) is 0 Å². The molecule has 2 aromatic rings. The number of aromatic nitrogens is 2. The van der Waals surface area contributed by atoms with Crippen molar-refractivity contribution in [2.75, 3.05) is 11.9 Å². The molecule has 1 heterocycles. The molecule has 0 spiro atoms. The Balaban J connectivity index is 1.90. The minimum Gasteiger partial charge on any atom is -0.394 e. The van der Waals surface area contributed by atoms with Gasteiger partial charge in [0.25, 0.3) is 0 Å². The van der Waals surface area contributed by atoms with Gasteiger partial charge in [-0.15, -0.1) is 0 Å². The zero-order chi connectivity index (χ0) is 12.4. The first-order valence-electron chi connectivity index (χ1n) is 6.42. The van der Waals surface area contributed by atoms with Crippen molar-refractivity contribution < 1.29 is 5.11 Å². The summed E-state index contributed by atoms with van der Waals surface area (Å²) in [5, 5.41) is 13.9. The number of nitrogens with one attached hydrogen (secondary N) is 1. The fourth-order valence-corrected chi connectivity index (χ4v) is 2.64. The first-order chi connectivity index (χ1) is 8.81. The molecule has 1 saturated carbocycles. The van der Waals surface area contributed by atoms with E-state index in [2.05, 4.69) is 15.3 Å². The molecule has 4 heteroatoms. The van der Waals surface area contributed by atoms with Crippen molar-refractivity contribution in [1.82, 2.24) is 9.97 Å². The first-order valence-corrected chi connectivity index (χ1v) is 6.42. The molecule has 3 rings (SSSR count). The molecule has 18 heavy (non-hydrogen) atoms. The summed E-state index contributed by atoms with van der Waals surface area (Å²) in [5.41, 5.74) is 0.712. The lowest BCUT2D eigenvalue weighted by Crippen LogP contribution is -2.39. The molecule has 94 valence electrons. The number of hydrogen-bond acceptors (Lipinski definition) is 4. The van der Waals surface area contributed by atoms with Crippen molar-refractivity contribution in [2.24, 2.45) is 0 Å². The van der Waals surface area contributed by atoms with Crippen molar-refractivity contribution in [3.8, 4) is 0 Å². The highest BCUT2D eigenvalue weighted by Crippen LogP contribution is 2.32. The molecule has 0 bridgehead atoms. The highest BCUT2D eigenvalue weighted by atomic mass is 16.3. The molecule has 0 unspecified atom stereocenters. The van der Waals surface area contributed by atoms with Gasteiger partial charge in [0.2, 0.25) is 5.95 Å². The number of nitrogens with zero attached hydrogens (tertiary/aromatic N) is 2. The predicted molar refractivity (Wildman–Crippen MR) is 71.4 cm³/mol. The summed E-state index contributed by atoms with van der Waals surface area (Å²) in [5.74, 6) is 0.615. The molecule has 0 saturated heterocycles. The fourth-order valence-electron chi connectivity index (χ4n) is 2.64. The average Bonchev–Trinajstić information content (AvgIpc) is 2.88. The van der Waals surface area contributed by atoms with Crippen LogP contribution in [0.5, 0.6) is 0 Å². The van der Waals surface area contributed by atoms with Gasteiger partial charge in [0.1, 0.15) is 0 Å². The second-order valence-electron chi connectivity index (χ2n) is 5.02. The van der Waals surface area contributed by atoms with Crippen LogP contribution in [0.25, 0.3) is 10.9 Å². The van der Waals surface area contributed by atoms with E-state index in [4.69, 9.17) is 0 Å². The molecular weight excluding hydrogens is 226 g/mol. The maximum absolute atomic E-state index is 9.57. The van der Waals surface area contributed by atoms with E-state index < -0.39 is 0 Å². The highest BCUT2D eigenvalue weighted by Gasteiger charge is 2.33. The maximum atomic E-state index is 9.57. The van der Waals surface area contributed by atoms with Crippen LogP contribution in [-0.2, 0) is 0 Å². The summed E-state index contributed by atoms with van der Waals surface area (Å²) in [4.78, 5) is 8.83. The van der Waals surface area contributed by atoms with E-state index in [0.29, 0.717) is 5.95 Å². The van der Waals surface area contributed by atoms with Gasteiger partial charge in [-0.3, -0.25) is 0 Å². The smallest absolute Gasteiger partial charge is 0.223 e. The summed E-state index contributed by atoms with van der Waals surface area (Å²) < 4.78 is 0. The largest absolute Gasteiger partial charge is 0.394 e. The molecule has 1 aliphatic carbocycles. The second kappa shape index (κ2) is 4.53. The van der Waals surface area contributed by atoms with Crippen molar-refractivity contribution in [2.45, 2.75) is 31.2 Å². The SMILES string of the molecule is OCC1(Nc2ncc3ccccc3n2)CCCC1. The molecule has 0 aliphatic heterocycles. The van der Waals surface area contributed by atoms with Gasteiger partial charge in [-0.25, -0.2) is 9.97 Å². The molecule has 0 radical (unpaired) electrons. The van der Waals surface area contributed by atoms with Crippen LogP contribution >= 0.6 is 0 Å². The summed E-state index contributed by atoms with van der Waals surface area (Å²) in [6, 6.07) is 7.92. The van der Waals surface area contributed by atoms with E-state index in [1.165, 1.54) is 0 Å². The lowest BCUT2D eigenvalue weighted by atomic mass is 9.99. The topological polar surface area (TPSA) is 58.0 Å². The number of aliphatic hydroxyl groups is 1. The Labute approximate surface area is 106 Å². The summed E-state index contributed by atoms with van der Waals surface area (Å²) in [6.07, 6.45) is 6.10. The van der Waals surface area contributed by atoms with E-state index >= 15 is 0 Å². The lowest BCUT2D eigenvalue weighted by Gasteiger charge is -2.27. The number of aliphatic hydroxyl groups excluding tert-OH is 1. The maximum Gasteiger partial charge on any atom is 0.223 e. The van der Waals surface area contributed by atoms with Gasteiger partial charge in [0, 0.05) is 11.6 Å². The van der Waals surface area contributed by atoms with Crippen LogP contribution in [0, 0.1) is 0 Å². The van der Waals surface area contributed by atoms with Gasteiger partial charge in [0.05, 0.1) is 17.7 Å². The van der Waals surface area contributed by atoms with Crippen LogP contribution < -0.4 is 5.32 Å². The quantitative estimate of drug-likeness (QED) is 0.868.